The second kappa shape index (κ2) is 7.20. The minimum atomic E-state index is -4.80. The number of H-pyrrole nitrogens is 1. The Balaban J connectivity index is 2.06. The van der Waals surface area contributed by atoms with Crippen LogP contribution in [-0.4, -0.2) is 14.6 Å². The summed E-state index contributed by atoms with van der Waals surface area (Å²) in [7, 11) is 0. The summed E-state index contributed by atoms with van der Waals surface area (Å²) in [6.45, 7) is 0. The molecule has 2 heterocycles. The maximum atomic E-state index is 13.7. The fourth-order valence-corrected chi connectivity index (χ4v) is 3.56. The molecule has 0 amide bonds. The van der Waals surface area contributed by atoms with Crippen molar-refractivity contribution < 1.29 is 13.2 Å². The Hall–Kier alpha value is -3.28. The van der Waals surface area contributed by atoms with Crippen LogP contribution in [0.15, 0.2) is 53.3 Å². The summed E-state index contributed by atoms with van der Waals surface area (Å²) in [5.41, 5.74) is -1.45. The van der Waals surface area contributed by atoms with E-state index in [1.54, 1.807) is 12.1 Å². The van der Waals surface area contributed by atoms with Crippen molar-refractivity contribution >= 4 is 28.8 Å². The minimum absolute atomic E-state index is 0.0208. The molecule has 0 aliphatic rings. The van der Waals surface area contributed by atoms with E-state index in [0.29, 0.717) is 11.1 Å². The molecule has 0 aliphatic carbocycles. The number of nitrogens with zero attached hydrogens (tertiary/aromatic N) is 3. The first-order chi connectivity index (χ1) is 14.2. The van der Waals surface area contributed by atoms with Crippen LogP contribution < -0.4 is 5.56 Å². The lowest BCUT2D eigenvalue weighted by Crippen LogP contribution is -2.15. The normalized spacial score (nSPS) is 11.6. The number of alkyl halides is 3. The standard InChI is InChI=1S/C20H9Cl2F3N4O/c21-12-5-6-13(14(22)7-12)17-18(20(23,24)25)28-29-16(30)8-15(27-19(17)29)11-3-1-10(9-26)2-4-11/h1-8,28H. The summed E-state index contributed by atoms with van der Waals surface area (Å²) in [4.78, 5) is 16.9. The molecule has 10 heteroatoms. The SMILES string of the molecule is N#Cc1ccc(-c2cc(=O)n3[nH]c(C(F)(F)F)c(-c4ccc(Cl)cc4Cl)c3n2)cc1. The molecule has 2 aromatic heterocycles. The molecule has 0 spiro atoms. The van der Waals surface area contributed by atoms with Gasteiger partial charge in [-0.3, -0.25) is 9.89 Å². The molecular formula is C20H9Cl2F3N4O. The smallest absolute Gasteiger partial charge is 0.284 e. The fraction of sp³-hybridized carbons (Fsp3) is 0.0500. The van der Waals surface area contributed by atoms with Gasteiger partial charge in [0.25, 0.3) is 5.56 Å². The average molecular weight is 449 g/mol. The monoisotopic (exact) mass is 448 g/mol. The first kappa shape index (κ1) is 20.0. The van der Waals surface area contributed by atoms with Crippen LogP contribution >= 0.6 is 23.2 Å². The predicted molar refractivity (Wildman–Crippen MR) is 106 cm³/mol. The number of aromatic nitrogens is 3. The van der Waals surface area contributed by atoms with Crippen LogP contribution in [0.25, 0.3) is 28.0 Å². The van der Waals surface area contributed by atoms with Gasteiger partial charge in [0.1, 0.15) is 5.69 Å². The Labute approximate surface area is 176 Å². The minimum Gasteiger partial charge on any atom is -0.284 e. The number of halogens is 5. The molecule has 1 N–H and O–H groups in total. The molecule has 150 valence electrons. The lowest BCUT2D eigenvalue weighted by Gasteiger charge is -2.09. The molecule has 0 atom stereocenters. The number of fused-ring (bicyclic) bond motifs is 1. The zero-order chi connectivity index (χ0) is 21.6. The molecule has 0 saturated carbocycles. The highest BCUT2D eigenvalue weighted by Gasteiger charge is 2.38. The summed E-state index contributed by atoms with van der Waals surface area (Å²) < 4.78 is 42.0. The van der Waals surface area contributed by atoms with Gasteiger partial charge < -0.3 is 0 Å². The highest BCUT2D eigenvalue weighted by Crippen LogP contribution is 2.41. The highest BCUT2D eigenvalue weighted by atomic mass is 35.5. The maximum Gasteiger partial charge on any atom is 0.433 e. The molecule has 0 saturated heterocycles. The van der Waals surface area contributed by atoms with Crippen molar-refractivity contribution in [1.82, 2.24) is 14.6 Å². The maximum absolute atomic E-state index is 13.7. The van der Waals surface area contributed by atoms with Crippen molar-refractivity contribution in [3.63, 3.8) is 0 Å². The number of nitriles is 1. The molecule has 2 aromatic carbocycles. The van der Waals surface area contributed by atoms with Crippen LogP contribution in [0.1, 0.15) is 11.3 Å². The van der Waals surface area contributed by atoms with Gasteiger partial charge in [0, 0.05) is 22.2 Å². The molecule has 4 rings (SSSR count). The van der Waals surface area contributed by atoms with E-state index < -0.39 is 17.4 Å². The number of benzene rings is 2. The van der Waals surface area contributed by atoms with E-state index in [2.05, 4.69) is 10.1 Å². The average Bonchev–Trinajstić information content (AvgIpc) is 3.08. The van der Waals surface area contributed by atoms with Crippen molar-refractivity contribution in [2.24, 2.45) is 0 Å². The van der Waals surface area contributed by atoms with Crippen LogP contribution in [0.2, 0.25) is 10.0 Å². The van der Waals surface area contributed by atoms with E-state index in [0.717, 1.165) is 10.6 Å². The number of nitrogens with one attached hydrogen (secondary N) is 1. The van der Waals surface area contributed by atoms with Gasteiger partial charge in [-0.25, -0.2) is 9.50 Å². The van der Waals surface area contributed by atoms with Crippen molar-refractivity contribution in [1.29, 1.82) is 5.26 Å². The quantitative estimate of drug-likeness (QED) is 0.436. The Morgan fingerprint density at radius 1 is 1.07 bits per heavy atom. The molecule has 0 aliphatic heterocycles. The predicted octanol–water partition coefficient (Wildman–Crippen LogP) is 5.55. The Morgan fingerprint density at radius 2 is 1.77 bits per heavy atom. The molecule has 0 bridgehead atoms. The van der Waals surface area contributed by atoms with Gasteiger partial charge in [-0.1, -0.05) is 41.4 Å². The molecule has 0 unspecified atom stereocenters. The molecule has 0 radical (unpaired) electrons. The summed E-state index contributed by atoms with van der Waals surface area (Å²) in [5, 5.41) is 11.2. The van der Waals surface area contributed by atoms with Gasteiger partial charge in [0.05, 0.1) is 27.9 Å². The van der Waals surface area contributed by atoms with Gasteiger partial charge in [0.2, 0.25) is 0 Å². The number of hydrogen-bond donors (Lipinski definition) is 1. The van der Waals surface area contributed by atoms with E-state index >= 15 is 0 Å². The van der Waals surface area contributed by atoms with Crippen molar-refractivity contribution in [3.8, 4) is 28.5 Å². The van der Waals surface area contributed by atoms with Crippen molar-refractivity contribution in [3.05, 3.63) is 80.2 Å². The lowest BCUT2D eigenvalue weighted by atomic mass is 10.0. The third-order valence-corrected chi connectivity index (χ3v) is 4.96. The molecule has 30 heavy (non-hydrogen) atoms. The highest BCUT2D eigenvalue weighted by molar-refractivity contribution is 6.36. The van der Waals surface area contributed by atoms with E-state index in [-0.39, 0.29) is 32.5 Å². The van der Waals surface area contributed by atoms with E-state index in [1.807, 2.05) is 6.07 Å². The molecular weight excluding hydrogens is 440 g/mol. The summed E-state index contributed by atoms with van der Waals surface area (Å²) in [6.07, 6.45) is -4.80. The molecule has 5 nitrogen and oxygen atoms in total. The van der Waals surface area contributed by atoms with Gasteiger partial charge in [-0.2, -0.15) is 18.4 Å². The van der Waals surface area contributed by atoms with Crippen molar-refractivity contribution in [2.75, 3.05) is 0 Å². The Morgan fingerprint density at radius 3 is 2.37 bits per heavy atom. The zero-order valence-corrected chi connectivity index (χ0v) is 16.3. The third kappa shape index (κ3) is 3.43. The lowest BCUT2D eigenvalue weighted by molar-refractivity contribution is -0.140. The second-order valence-electron chi connectivity index (χ2n) is 6.31. The van der Waals surface area contributed by atoms with Crippen LogP contribution in [0.5, 0.6) is 0 Å². The first-order valence-electron chi connectivity index (χ1n) is 8.38. The first-order valence-corrected chi connectivity index (χ1v) is 9.13. The summed E-state index contributed by atoms with van der Waals surface area (Å²) in [6, 6.07) is 13.3. The third-order valence-electron chi connectivity index (χ3n) is 4.41. The van der Waals surface area contributed by atoms with Gasteiger partial charge in [0.15, 0.2) is 5.65 Å². The topological polar surface area (TPSA) is 73.9 Å². The fourth-order valence-electron chi connectivity index (χ4n) is 3.05. The van der Waals surface area contributed by atoms with Gasteiger partial charge in [-0.05, 0) is 24.3 Å². The molecule has 4 aromatic rings. The zero-order valence-electron chi connectivity index (χ0n) is 14.8. The van der Waals surface area contributed by atoms with E-state index in [9.17, 15) is 18.0 Å². The van der Waals surface area contributed by atoms with Crippen LogP contribution in [0.3, 0.4) is 0 Å². The number of rotatable bonds is 2. The Bertz CT molecular complexity index is 1380. The second-order valence-corrected chi connectivity index (χ2v) is 7.16. The van der Waals surface area contributed by atoms with Crippen LogP contribution in [0.4, 0.5) is 13.2 Å². The molecule has 0 fully saturated rings. The summed E-state index contributed by atoms with van der Waals surface area (Å²) >= 11 is 12.0. The van der Waals surface area contributed by atoms with Crippen LogP contribution in [-0.2, 0) is 6.18 Å². The Kier molecular flexibility index (Phi) is 4.80. The summed E-state index contributed by atoms with van der Waals surface area (Å²) in [5.74, 6) is 0. The van der Waals surface area contributed by atoms with Crippen molar-refractivity contribution in [2.45, 2.75) is 6.18 Å². The van der Waals surface area contributed by atoms with Crippen LogP contribution in [0, 0.1) is 11.3 Å². The number of aromatic amines is 1. The van der Waals surface area contributed by atoms with Gasteiger partial charge in [-0.15, -0.1) is 0 Å². The number of hydrogen-bond acceptors (Lipinski definition) is 3. The van der Waals surface area contributed by atoms with Gasteiger partial charge >= 0.3 is 6.18 Å². The van der Waals surface area contributed by atoms with E-state index in [4.69, 9.17) is 28.5 Å². The van der Waals surface area contributed by atoms with E-state index in [1.165, 1.54) is 30.3 Å². The largest absolute Gasteiger partial charge is 0.433 e.